The van der Waals surface area contributed by atoms with Crippen LogP contribution < -0.4 is 10.6 Å². The van der Waals surface area contributed by atoms with Crippen molar-refractivity contribution in [1.29, 1.82) is 0 Å². The molecule has 1 aliphatic heterocycles. The molecule has 0 aromatic heterocycles. The van der Waals surface area contributed by atoms with Crippen molar-refractivity contribution in [2.75, 3.05) is 46.6 Å². The molecule has 0 spiro atoms. The SMILES string of the molecule is CCNC(=NCC1(c2ccc(Cl)cc2Cl)CCOCC1)NCCOC. The van der Waals surface area contributed by atoms with Gasteiger partial charge in [0.2, 0.25) is 0 Å². The summed E-state index contributed by atoms with van der Waals surface area (Å²) in [6, 6.07) is 5.73. The highest BCUT2D eigenvalue weighted by Crippen LogP contribution is 2.39. The van der Waals surface area contributed by atoms with Crippen molar-refractivity contribution in [2.45, 2.75) is 25.2 Å². The highest BCUT2D eigenvalue weighted by Gasteiger charge is 2.36. The Balaban J connectivity index is 2.22. The molecule has 25 heavy (non-hydrogen) atoms. The van der Waals surface area contributed by atoms with Gasteiger partial charge >= 0.3 is 0 Å². The van der Waals surface area contributed by atoms with E-state index < -0.39 is 0 Å². The Morgan fingerprint density at radius 1 is 1.28 bits per heavy atom. The number of halogens is 2. The van der Waals surface area contributed by atoms with E-state index in [4.69, 9.17) is 37.7 Å². The predicted octanol–water partition coefficient (Wildman–Crippen LogP) is 3.24. The lowest BCUT2D eigenvalue weighted by molar-refractivity contribution is 0.0531. The van der Waals surface area contributed by atoms with Crippen LogP contribution in [-0.4, -0.2) is 52.5 Å². The van der Waals surface area contributed by atoms with Crippen molar-refractivity contribution >= 4 is 29.2 Å². The number of hydrogen-bond acceptors (Lipinski definition) is 3. The summed E-state index contributed by atoms with van der Waals surface area (Å²) in [6.07, 6.45) is 1.77. The van der Waals surface area contributed by atoms with Crippen molar-refractivity contribution in [3.8, 4) is 0 Å². The van der Waals surface area contributed by atoms with Crippen LogP contribution in [0.1, 0.15) is 25.3 Å². The zero-order valence-corrected chi connectivity index (χ0v) is 16.4. The van der Waals surface area contributed by atoms with Crippen molar-refractivity contribution in [3.05, 3.63) is 33.8 Å². The Bertz CT molecular complexity index is 575. The minimum atomic E-state index is -0.135. The Hall–Kier alpha value is -1.01. The number of aliphatic imine (C=N–C) groups is 1. The lowest BCUT2D eigenvalue weighted by atomic mass is 9.74. The van der Waals surface area contributed by atoms with Gasteiger partial charge in [-0.05, 0) is 37.5 Å². The van der Waals surface area contributed by atoms with Crippen LogP contribution in [0, 0.1) is 0 Å². The first kappa shape index (κ1) is 20.3. The molecule has 1 fully saturated rings. The molecule has 1 aromatic rings. The van der Waals surface area contributed by atoms with E-state index in [1.165, 1.54) is 0 Å². The molecule has 7 heteroatoms. The molecule has 1 aliphatic rings. The van der Waals surface area contributed by atoms with Gasteiger partial charge in [0.05, 0.1) is 13.2 Å². The van der Waals surface area contributed by atoms with Crippen molar-refractivity contribution in [3.63, 3.8) is 0 Å². The smallest absolute Gasteiger partial charge is 0.191 e. The zero-order chi connectivity index (χ0) is 18.1. The van der Waals surface area contributed by atoms with Gasteiger partial charge in [0.1, 0.15) is 0 Å². The quantitative estimate of drug-likeness (QED) is 0.428. The average molecular weight is 388 g/mol. The molecule has 140 valence electrons. The van der Waals surface area contributed by atoms with Gasteiger partial charge in [0.25, 0.3) is 0 Å². The maximum Gasteiger partial charge on any atom is 0.191 e. The van der Waals surface area contributed by atoms with E-state index in [9.17, 15) is 0 Å². The van der Waals surface area contributed by atoms with Gasteiger partial charge in [-0.1, -0.05) is 29.3 Å². The van der Waals surface area contributed by atoms with Gasteiger partial charge in [-0.15, -0.1) is 0 Å². The van der Waals surface area contributed by atoms with E-state index in [0.717, 1.165) is 30.9 Å². The largest absolute Gasteiger partial charge is 0.383 e. The third-order valence-electron chi connectivity index (χ3n) is 4.44. The van der Waals surface area contributed by atoms with Crippen LogP contribution in [0.2, 0.25) is 10.0 Å². The minimum absolute atomic E-state index is 0.135. The maximum absolute atomic E-state index is 6.51. The summed E-state index contributed by atoms with van der Waals surface area (Å²) in [4.78, 5) is 4.81. The van der Waals surface area contributed by atoms with E-state index in [1.54, 1.807) is 13.2 Å². The fraction of sp³-hybridized carbons (Fsp3) is 0.611. The molecule has 1 heterocycles. The summed E-state index contributed by atoms with van der Waals surface area (Å²) >= 11 is 12.6. The number of ether oxygens (including phenoxy) is 2. The summed E-state index contributed by atoms with van der Waals surface area (Å²) < 4.78 is 10.7. The van der Waals surface area contributed by atoms with Crippen LogP contribution in [0.15, 0.2) is 23.2 Å². The first-order valence-electron chi connectivity index (χ1n) is 8.65. The zero-order valence-electron chi connectivity index (χ0n) is 14.9. The second-order valence-corrected chi connectivity index (χ2v) is 6.98. The van der Waals surface area contributed by atoms with Gasteiger partial charge in [-0.25, -0.2) is 0 Å². The molecular weight excluding hydrogens is 361 g/mol. The lowest BCUT2D eigenvalue weighted by Crippen LogP contribution is -2.42. The van der Waals surface area contributed by atoms with Gasteiger partial charge in [-0.2, -0.15) is 0 Å². The van der Waals surface area contributed by atoms with Crippen LogP contribution in [0.3, 0.4) is 0 Å². The van der Waals surface area contributed by atoms with E-state index in [-0.39, 0.29) is 5.41 Å². The first-order valence-corrected chi connectivity index (χ1v) is 9.41. The summed E-state index contributed by atoms with van der Waals surface area (Å²) in [6.45, 7) is 6.25. The second-order valence-electron chi connectivity index (χ2n) is 6.13. The number of guanidine groups is 1. The lowest BCUT2D eigenvalue weighted by Gasteiger charge is -2.37. The van der Waals surface area contributed by atoms with Crippen LogP contribution in [-0.2, 0) is 14.9 Å². The normalized spacial score (nSPS) is 17.4. The summed E-state index contributed by atoms with van der Waals surface area (Å²) in [5, 5.41) is 7.90. The van der Waals surface area contributed by atoms with Gasteiger partial charge in [0.15, 0.2) is 5.96 Å². The standard InChI is InChI=1S/C18H27Cl2N3O2/c1-3-21-17(22-8-11-24-2)23-13-18(6-9-25-10-7-18)15-5-4-14(19)12-16(15)20/h4-5,12H,3,6-11,13H2,1-2H3,(H2,21,22,23). The second kappa shape index (κ2) is 10.2. The Morgan fingerprint density at radius 2 is 2.04 bits per heavy atom. The molecule has 2 N–H and O–H groups in total. The Labute approximate surface area is 160 Å². The maximum atomic E-state index is 6.51. The van der Waals surface area contributed by atoms with Crippen LogP contribution >= 0.6 is 23.2 Å². The number of benzene rings is 1. The first-order chi connectivity index (χ1) is 12.1. The van der Waals surface area contributed by atoms with Crippen LogP contribution in [0.25, 0.3) is 0 Å². The van der Waals surface area contributed by atoms with Crippen molar-refractivity contribution in [1.82, 2.24) is 10.6 Å². The number of hydrogen-bond donors (Lipinski definition) is 2. The van der Waals surface area contributed by atoms with Gasteiger partial charge in [-0.3, -0.25) is 4.99 Å². The minimum Gasteiger partial charge on any atom is -0.383 e. The van der Waals surface area contributed by atoms with Crippen LogP contribution in [0.4, 0.5) is 0 Å². The summed E-state index contributed by atoms with van der Waals surface area (Å²) in [5.74, 6) is 0.788. The summed E-state index contributed by atoms with van der Waals surface area (Å²) in [7, 11) is 1.69. The fourth-order valence-corrected chi connectivity index (χ4v) is 3.65. The average Bonchev–Trinajstić information content (AvgIpc) is 2.60. The third-order valence-corrected chi connectivity index (χ3v) is 4.98. The molecule has 1 saturated heterocycles. The molecule has 1 aromatic carbocycles. The van der Waals surface area contributed by atoms with Crippen LogP contribution in [0.5, 0.6) is 0 Å². The summed E-state index contributed by atoms with van der Waals surface area (Å²) in [5.41, 5.74) is 0.960. The third kappa shape index (κ3) is 5.74. The van der Waals surface area contributed by atoms with Crippen molar-refractivity contribution < 1.29 is 9.47 Å². The highest BCUT2D eigenvalue weighted by molar-refractivity contribution is 6.35. The monoisotopic (exact) mass is 387 g/mol. The number of methoxy groups -OCH3 is 1. The Morgan fingerprint density at radius 3 is 2.68 bits per heavy atom. The van der Waals surface area contributed by atoms with E-state index >= 15 is 0 Å². The predicted molar refractivity (Wildman–Crippen MR) is 104 cm³/mol. The van der Waals surface area contributed by atoms with E-state index in [2.05, 4.69) is 10.6 Å². The number of rotatable bonds is 7. The molecule has 0 atom stereocenters. The molecule has 0 radical (unpaired) electrons. The molecule has 0 aliphatic carbocycles. The topological polar surface area (TPSA) is 54.9 Å². The number of nitrogens with zero attached hydrogens (tertiary/aromatic N) is 1. The molecule has 0 saturated carbocycles. The van der Waals surface area contributed by atoms with Crippen molar-refractivity contribution in [2.24, 2.45) is 4.99 Å². The number of nitrogens with one attached hydrogen (secondary N) is 2. The molecule has 0 amide bonds. The van der Waals surface area contributed by atoms with Gasteiger partial charge in [0, 0.05) is 48.9 Å². The highest BCUT2D eigenvalue weighted by atomic mass is 35.5. The molecule has 5 nitrogen and oxygen atoms in total. The van der Waals surface area contributed by atoms with Gasteiger partial charge < -0.3 is 20.1 Å². The van der Waals surface area contributed by atoms with E-state index in [0.29, 0.717) is 43.0 Å². The van der Waals surface area contributed by atoms with E-state index in [1.807, 2.05) is 19.1 Å². The fourth-order valence-electron chi connectivity index (χ4n) is 3.04. The molecule has 0 unspecified atom stereocenters. The molecule has 2 rings (SSSR count). The molecule has 0 bridgehead atoms. The Kier molecular flexibility index (Phi) is 8.30. The molecular formula is C18H27Cl2N3O2.